The smallest absolute Gasteiger partial charge is 0.325 e. The number of nitrogens with zero attached hydrogens (tertiary/aromatic N) is 3. The van der Waals surface area contributed by atoms with Gasteiger partial charge in [0.05, 0.1) is 6.54 Å². The predicted molar refractivity (Wildman–Crippen MR) is 64.3 cm³/mol. The van der Waals surface area contributed by atoms with Crippen molar-refractivity contribution in [3.63, 3.8) is 0 Å². The maximum Gasteiger partial charge on any atom is 0.406 e. The molecule has 0 amide bonds. The second-order valence-electron chi connectivity index (χ2n) is 6.31. The lowest BCUT2D eigenvalue weighted by Crippen LogP contribution is -2.28. The molecule has 1 saturated carbocycles. The van der Waals surface area contributed by atoms with Gasteiger partial charge in [-0.15, -0.1) is 0 Å². The number of hydrogen-bond donors (Lipinski definition) is 0. The molecule has 0 N–H and O–H groups in total. The van der Waals surface area contributed by atoms with Crippen LogP contribution in [0.15, 0.2) is 12.4 Å². The Bertz CT molecular complexity index is 464. The van der Waals surface area contributed by atoms with Gasteiger partial charge in [-0.1, -0.05) is 13.8 Å². The van der Waals surface area contributed by atoms with Crippen molar-refractivity contribution in [1.82, 2.24) is 14.5 Å². The van der Waals surface area contributed by atoms with E-state index < -0.39 is 12.7 Å². The van der Waals surface area contributed by atoms with E-state index >= 15 is 0 Å². The maximum atomic E-state index is 12.4. The van der Waals surface area contributed by atoms with Crippen molar-refractivity contribution >= 4 is 0 Å². The topological polar surface area (TPSA) is 21.1 Å². The summed E-state index contributed by atoms with van der Waals surface area (Å²) in [5, 5.41) is 0. The van der Waals surface area contributed by atoms with Crippen LogP contribution in [0.5, 0.6) is 0 Å². The lowest BCUT2D eigenvalue weighted by molar-refractivity contribution is -0.141. The van der Waals surface area contributed by atoms with Gasteiger partial charge >= 0.3 is 6.18 Å². The number of imidazole rings is 1. The average Bonchev–Trinajstić information content (AvgIpc) is 2.72. The minimum absolute atomic E-state index is 0.428. The number of piperidine rings is 1. The van der Waals surface area contributed by atoms with E-state index in [1.807, 2.05) is 0 Å². The standard InChI is InChI=1S/C13H18F3N3/c1-12(2)9-5-18(6-10(9)12)7-11-17-3-4-19(11)8-13(14,15)16/h3-4,9-10H,5-8H2,1-2H3. The molecule has 0 spiro atoms. The third-order valence-electron chi connectivity index (χ3n) is 4.71. The average molecular weight is 273 g/mol. The van der Waals surface area contributed by atoms with Crippen LogP contribution in [-0.4, -0.2) is 33.7 Å². The van der Waals surface area contributed by atoms with Gasteiger partial charge in [0.25, 0.3) is 0 Å². The summed E-state index contributed by atoms with van der Waals surface area (Å²) >= 11 is 0. The Labute approximate surface area is 110 Å². The SMILES string of the molecule is CC1(C)C2CN(Cc3nccn3CC(F)(F)F)CC21. The molecule has 1 saturated heterocycles. The van der Waals surface area contributed by atoms with E-state index in [2.05, 4.69) is 23.7 Å². The number of fused-ring (bicyclic) bond motifs is 1. The molecular formula is C13H18F3N3. The largest absolute Gasteiger partial charge is 0.406 e. The van der Waals surface area contributed by atoms with Gasteiger partial charge in [-0.05, 0) is 17.3 Å². The zero-order valence-corrected chi connectivity index (χ0v) is 11.1. The van der Waals surface area contributed by atoms with E-state index in [0.29, 0.717) is 29.6 Å². The summed E-state index contributed by atoms with van der Waals surface area (Å²) in [6.45, 7) is 6.07. The fourth-order valence-corrected chi connectivity index (χ4v) is 3.37. The van der Waals surface area contributed by atoms with Crippen LogP contribution < -0.4 is 0 Å². The number of likely N-dealkylation sites (tertiary alicyclic amines) is 1. The number of aromatic nitrogens is 2. The molecule has 6 heteroatoms. The van der Waals surface area contributed by atoms with Gasteiger partial charge < -0.3 is 4.57 Å². The first-order valence-corrected chi connectivity index (χ1v) is 6.56. The molecule has 1 aliphatic heterocycles. The third kappa shape index (κ3) is 2.38. The number of rotatable bonds is 3. The van der Waals surface area contributed by atoms with Gasteiger partial charge in [0.15, 0.2) is 0 Å². The van der Waals surface area contributed by atoms with Crippen molar-refractivity contribution in [3.05, 3.63) is 18.2 Å². The Morgan fingerprint density at radius 1 is 1.32 bits per heavy atom. The first-order valence-electron chi connectivity index (χ1n) is 6.56. The van der Waals surface area contributed by atoms with Gasteiger partial charge in [0.2, 0.25) is 0 Å². The highest BCUT2D eigenvalue weighted by Crippen LogP contribution is 2.62. The molecule has 2 heterocycles. The molecule has 1 aromatic rings. The second-order valence-corrected chi connectivity index (χ2v) is 6.31. The van der Waals surface area contributed by atoms with E-state index in [0.717, 1.165) is 13.1 Å². The monoisotopic (exact) mass is 273 g/mol. The summed E-state index contributed by atoms with van der Waals surface area (Å²) in [5.41, 5.74) is 0.428. The molecule has 2 fully saturated rings. The number of halogens is 3. The van der Waals surface area contributed by atoms with E-state index in [9.17, 15) is 13.2 Å². The van der Waals surface area contributed by atoms with E-state index in [1.54, 1.807) is 0 Å². The number of hydrogen-bond acceptors (Lipinski definition) is 2. The molecule has 2 aliphatic rings. The molecule has 1 aliphatic carbocycles. The van der Waals surface area contributed by atoms with Crippen LogP contribution in [0.25, 0.3) is 0 Å². The zero-order chi connectivity index (χ0) is 13.8. The van der Waals surface area contributed by atoms with Crippen molar-refractivity contribution in [2.75, 3.05) is 13.1 Å². The van der Waals surface area contributed by atoms with Crippen LogP contribution in [0.3, 0.4) is 0 Å². The van der Waals surface area contributed by atoms with Crippen LogP contribution in [-0.2, 0) is 13.1 Å². The predicted octanol–water partition coefficient (Wildman–Crippen LogP) is 2.53. The maximum absolute atomic E-state index is 12.4. The molecule has 2 unspecified atom stereocenters. The van der Waals surface area contributed by atoms with Gasteiger partial charge in [0, 0.05) is 25.5 Å². The Hall–Kier alpha value is -1.04. The normalized spacial score (nSPS) is 29.5. The summed E-state index contributed by atoms with van der Waals surface area (Å²) in [4.78, 5) is 6.28. The van der Waals surface area contributed by atoms with Crippen LogP contribution in [0.1, 0.15) is 19.7 Å². The molecule has 0 bridgehead atoms. The highest BCUT2D eigenvalue weighted by molar-refractivity contribution is 5.12. The summed E-state index contributed by atoms with van der Waals surface area (Å²) in [7, 11) is 0. The summed E-state index contributed by atoms with van der Waals surface area (Å²) in [6, 6.07) is 0. The van der Waals surface area contributed by atoms with Crippen LogP contribution in [0.2, 0.25) is 0 Å². The Kier molecular flexibility index (Phi) is 2.71. The fourth-order valence-electron chi connectivity index (χ4n) is 3.37. The molecule has 1 aromatic heterocycles. The zero-order valence-electron chi connectivity index (χ0n) is 11.1. The molecule has 19 heavy (non-hydrogen) atoms. The van der Waals surface area contributed by atoms with Crippen molar-refractivity contribution in [1.29, 1.82) is 0 Å². The highest BCUT2D eigenvalue weighted by atomic mass is 19.4. The van der Waals surface area contributed by atoms with Crippen molar-refractivity contribution in [2.24, 2.45) is 17.3 Å². The van der Waals surface area contributed by atoms with Crippen molar-refractivity contribution in [2.45, 2.75) is 33.1 Å². The number of alkyl halides is 3. The second kappa shape index (κ2) is 3.98. The Morgan fingerprint density at radius 3 is 2.53 bits per heavy atom. The van der Waals surface area contributed by atoms with Gasteiger partial charge in [-0.25, -0.2) is 4.98 Å². The first kappa shape index (κ1) is 13.0. The van der Waals surface area contributed by atoms with E-state index in [4.69, 9.17) is 0 Å². The van der Waals surface area contributed by atoms with Crippen molar-refractivity contribution in [3.8, 4) is 0 Å². The van der Waals surface area contributed by atoms with Gasteiger partial charge in [-0.2, -0.15) is 13.2 Å². The minimum Gasteiger partial charge on any atom is -0.325 e. The molecule has 3 nitrogen and oxygen atoms in total. The fraction of sp³-hybridized carbons (Fsp3) is 0.769. The molecule has 0 radical (unpaired) electrons. The minimum atomic E-state index is -4.19. The van der Waals surface area contributed by atoms with E-state index in [-0.39, 0.29) is 0 Å². The Morgan fingerprint density at radius 2 is 1.95 bits per heavy atom. The third-order valence-corrected chi connectivity index (χ3v) is 4.71. The summed E-state index contributed by atoms with van der Waals surface area (Å²) in [6.07, 6.45) is -1.34. The summed E-state index contributed by atoms with van der Waals surface area (Å²) in [5.74, 6) is 1.92. The van der Waals surface area contributed by atoms with Crippen LogP contribution in [0.4, 0.5) is 13.2 Å². The molecule has 106 valence electrons. The van der Waals surface area contributed by atoms with Crippen LogP contribution in [0, 0.1) is 17.3 Å². The highest BCUT2D eigenvalue weighted by Gasteiger charge is 2.61. The van der Waals surface area contributed by atoms with Crippen molar-refractivity contribution < 1.29 is 13.2 Å². The quantitative estimate of drug-likeness (QED) is 0.844. The lowest BCUT2D eigenvalue weighted by Gasteiger charge is -2.22. The summed E-state index contributed by atoms with van der Waals surface area (Å²) < 4.78 is 38.5. The van der Waals surface area contributed by atoms with Crippen LogP contribution >= 0.6 is 0 Å². The van der Waals surface area contributed by atoms with E-state index in [1.165, 1.54) is 17.0 Å². The molecular weight excluding hydrogens is 255 g/mol. The molecule has 3 rings (SSSR count). The molecule has 2 atom stereocenters. The first-order chi connectivity index (χ1) is 8.77. The Balaban J connectivity index is 1.61. The lowest BCUT2D eigenvalue weighted by atomic mass is 10.1. The van der Waals surface area contributed by atoms with Gasteiger partial charge in [-0.3, -0.25) is 4.90 Å². The van der Waals surface area contributed by atoms with Gasteiger partial charge in [0.1, 0.15) is 12.4 Å². The molecule has 0 aromatic carbocycles.